The van der Waals surface area contributed by atoms with E-state index in [0.29, 0.717) is 22.3 Å². The van der Waals surface area contributed by atoms with Gasteiger partial charge >= 0.3 is 5.97 Å². The fraction of sp³-hybridized carbons (Fsp3) is 0.292. The van der Waals surface area contributed by atoms with E-state index in [-0.39, 0.29) is 11.5 Å². The molecule has 2 fully saturated rings. The average molecular weight is 436 g/mol. The number of rotatable bonds is 5. The smallest absolute Gasteiger partial charge is 0.335 e. The second-order valence-electron chi connectivity index (χ2n) is 7.55. The minimum absolute atomic E-state index is 0.0616. The molecule has 0 aliphatic carbocycles. The normalized spacial score (nSPS) is 19.5. The Hall–Kier alpha value is -3.06. The highest BCUT2D eigenvalue weighted by Crippen LogP contribution is 2.34. The number of carboxylic acids is 1. The Bertz CT molecular complexity index is 1020. The summed E-state index contributed by atoms with van der Waals surface area (Å²) >= 11 is 1.34. The molecule has 31 heavy (non-hydrogen) atoms. The van der Waals surface area contributed by atoms with Gasteiger partial charge in [-0.25, -0.2) is 9.79 Å². The van der Waals surface area contributed by atoms with Crippen LogP contribution in [0.15, 0.2) is 58.4 Å². The zero-order valence-corrected chi connectivity index (χ0v) is 18.3. The minimum Gasteiger partial charge on any atom is -0.478 e. The highest BCUT2D eigenvalue weighted by Gasteiger charge is 2.32. The van der Waals surface area contributed by atoms with E-state index in [1.54, 1.807) is 17.0 Å². The first-order valence-corrected chi connectivity index (χ1v) is 11.4. The molecule has 7 heteroatoms. The van der Waals surface area contributed by atoms with Crippen molar-refractivity contribution in [3.8, 4) is 0 Å². The molecule has 0 radical (unpaired) electrons. The topological polar surface area (TPSA) is 73.2 Å². The Labute approximate surface area is 186 Å². The zero-order valence-electron chi connectivity index (χ0n) is 17.5. The quantitative estimate of drug-likeness (QED) is 0.669. The molecule has 1 amide bonds. The highest BCUT2D eigenvalue weighted by atomic mass is 32.2. The van der Waals surface area contributed by atoms with Crippen LogP contribution < -0.4 is 4.90 Å². The third-order valence-electron chi connectivity index (χ3n) is 5.46. The molecule has 4 rings (SSSR count). The van der Waals surface area contributed by atoms with Gasteiger partial charge in [-0.2, -0.15) is 0 Å². The lowest BCUT2D eigenvalue weighted by atomic mass is 10.1. The molecule has 0 saturated carbocycles. The van der Waals surface area contributed by atoms with Crippen molar-refractivity contribution in [2.45, 2.75) is 26.2 Å². The van der Waals surface area contributed by atoms with Crippen LogP contribution in [0.25, 0.3) is 6.08 Å². The summed E-state index contributed by atoms with van der Waals surface area (Å²) in [5, 5.41) is 9.64. The molecule has 2 aliphatic heterocycles. The summed E-state index contributed by atoms with van der Waals surface area (Å²) in [6.45, 7) is 4.64. The summed E-state index contributed by atoms with van der Waals surface area (Å²) < 4.78 is 0. The molecule has 160 valence electrons. The number of carboxylic acid groups (broad SMARTS) is 1. The zero-order chi connectivity index (χ0) is 21.8. The lowest BCUT2D eigenvalue weighted by molar-refractivity contribution is -0.122. The molecular formula is C24H25N3O3S. The number of piperidine rings is 1. The third kappa shape index (κ3) is 4.82. The Morgan fingerprint density at radius 1 is 1.06 bits per heavy atom. The molecule has 1 N–H and O–H groups in total. The van der Waals surface area contributed by atoms with Crippen LogP contribution in [0.1, 0.15) is 42.1 Å². The SMILES string of the molecule is CCN1C(=O)/C(=C/c2ccc(N3CCCCC3)cc2)SC1=Nc1ccc(C(=O)O)cc1. The van der Waals surface area contributed by atoms with Gasteiger partial charge in [0.25, 0.3) is 5.91 Å². The number of benzene rings is 2. The summed E-state index contributed by atoms with van der Waals surface area (Å²) in [4.78, 5) is 33.2. The number of hydrogen-bond acceptors (Lipinski definition) is 5. The van der Waals surface area contributed by atoms with E-state index in [9.17, 15) is 9.59 Å². The van der Waals surface area contributed by atoms with E-state index in [1.165, 1.54) is 48.8 Å². The van der Waals surface area contributed by atoms with Crippen molar-refractivity contribution in [1.29, 1.82) is 0 Å². The molecule has 2 saturated heterocycles. The predicted molar refractivity (Wildman–Crippen MR) is 126 cm³/mol. The number of carbonyl (C=O) groups is 2. The van der Waals surface area contributed by atoms with Gasteiger partial charge in [0.1, 0.15) is 0 Å². The van der Waals surface area contributed by atoms with Gasteiger partial charge in [-0.05, 0) is 86.0 Å². The standard InChI is InChI=1S/C24H25N3O3S/c1-2-27-22(28)21(31-24(27)25-19-10-8-18(9-11-19)23(29)30)16-17-6-12-20(13-7-17)26-14-4-3-5-15-26/h6-13,16H,2-5,14-15H2,1H3,(H,29,30)/b21-16-,25-24?. The fourth-order valence-electron chi connectivity index (χ4n) is 3.74. The number of amides is 1. The lowest BCUT2D eigenvalue weighted by Crippen LogP contribution is -2.29. The fourth-order valence-corrected chi connectivity index (χ4v) is 4.81. The van der Waals surface area contributed by atoms with Crippen LogP contribution >= 0.6 is 11.8 Å². The van der Waals surface area contributed by atoms with Gasteiger partial charge in [0.2, 0.25) is 0 Å². The molecular weight excluding hydrogens is 410 g/mol. The molecule has 2 aliphatic rings. The lowest BCUT2D eigenvalue weighted by Gasteiger charge is -2.28. The van der Waals surface area contributed by atoms with Crippen molar-refractivity contribution in [3.05, 3.63) is 64.6 Å². The number of aromatic carboxylic acids is 1. The number of likely N-dealkylation sites (N-methyl/N-ethyl adjacent to an activating group) is 1. The van der Waals surface area contributed by atoms with Gasteiger partial charge in [-0.3, -0.25) is 9.69 Å². The Morgan fingerprint density at radius 2 is 1.74 bits per heavy atom. The Kier molecular flexibility index (Phi) is 6.42. The van der Waals surface area contributed by atoms with Crippen molar-refractivity contribution < 1.29 is 14.7 Å². The number of anilines is 1. The predicted octanol–water partition coefficient (Wildman–Crippen LogP) is 5.00. The maximum atomic E-state index is 12.9. The van der Waals surface area contributed by atoms with Gasteiger partial charge in [-0.15, -0.1) is 0 Å². The van der Waals surface area contributed by atoms with Gasteiger partial charge in [-0.1, -0.05) is 12.1 Å². The van der Waals surface area contributed by atoms with Crippen LogP contribution in [0.4, 0.5) is 11.4 Å². The second kappa shape index (κ2) is 9.39. The monoisotopic (exact) mass is 435 g/mol. The van der Waals surface area contributed by atoms with Crippen molar-refractivity contribution in [2.24, 2.45) is 4.99 Å². The third-order valence-corrected chi connectivity index (χ3v) is 6.46. The number of carbonyl (C=O) groups excluding carboxylic acids is 1. The van der Waals surface area contributed by atoms with E-state index >= 15 is 0 Å². The van der Waals surface area contributed by atoms with E-state index in [2.05, 4.69) is 34.2 Å². The molecule has 0 bridgehead atoms. The maximum Gasteiger partial charge on any atom is 0.335 e. The summed E-state index contributed by atoms with van der Waals surface area (Å²) in [6, 6.07) is 14.7. The number of hydrogen-bond donors (Lipinski definition) is 1. The molecule has 2 aromatic carbocycles. The van der Waals surface area contributed by atoms with Crippen LogP contribution in [0.5, 0.6) is 0 Å². The minimum atomic E-state index is -0.976. The summed E-state index contributed by atoms with van der Waals surface area (Å²) in [6.07, 6.45) is 5.70. The van der Waals surface area contributed by atoms with Crippen molar-refractivity contribution >= 4 is 46.3 Å². The van der Waals surface area contributed by atoms with E-state index in [1.807, 2.05) is 13.0 Å². The second-order valence-corrected chi connectivity index (χ2v) is 8.55. The van der Waals surface area contributed by atoms with Crippen LogP contribution in [0.2, 0.25) is 0 Å². The first kappa shape index (κ1) is 21.2. The van der Waals surface area contributed by atoms with E-state index in [0.717, 1.165) is 18.7 Å². The van der Waals surface area contributed by atoms with Crippen molar-refractivity contribution in [2.75, 3.05) is 24.5 Å². The van der Waals surface area contributed by atoms with Gasteiger partial charge in [0.05, 0.1) is 16.2 Å². The van der Waals surface area contributed by atoms with Gasteiger partial charge < -0.3 is 10.0 Å². The highest BCUT2D eigenvalue weighted by molar-refractivity contribution is 8.18. The van der Waals surface area contributed by atoms with Gasteiger partial charge in [0, 0.05) is 25.3 Å². The number of thioether (sulfide) groups is 1. The van der Waals surface area contributed by atoms with Crippen LogP contribution in [-0.2, 0) is 4.79 Å². The largest absolute Gasteiger partial charge is 0.478 e. The molecule has 6 nitrogen and oxygen atoms in total. The van der Waals surface area contributed by atoms with E-state index < -0.39 is 5.97 Å². The number of nitrogens with zero attached hydrogens (tertiary/aromatic N) is 3. The molecule has 0 aromatic heterocycles. The molecule has 2 heterocycles. The molecule has 0 spiro atoms. The van der Waals surface area contributed by atoms with Crippen LogP contribution in [0, 0.1) is 0 Å². The van der Waals surface area contributed by atoms with Crippen molar-refractivity contribution in [3.63, 3.8) is 0 Å². The molecule has 2 aromatic rings. The first-order valence-electron chi connectivity index (χ1n) is 10.5. The summed E-state index contributed by atoms with van der Waals surface area (Å²) in [5.74, 6) is -1.04. The number of aliphatic imine (C=N–C) groups is 1. The molecule has 0 atom stereocenters. The summed E-state index contributed by atoms with van der Waals surface area (Å²) in [5.41, 5.74) is 3.04. The maximum absolute atomic E-state index is 12.9. The van der Waals surface area contributed by atoms with Crippen molar-refractivity contribution in [1.82, 2.24) is 4.90 Å². The summed E-state index contributed by atoms with van der Waals surface area (Å²) in [7, 11) is 0. The Morgan fingerprint density at radius 3 is 2.35 bits per heavy atom. The van der Waals surface area contributed by atoms with Gasteiger partial charge in [0.15, 0.2) is 5.17 Å². The number of amidine groups is 1. The first-order chi connectivity index (χ1) is 15.0. The molecule has 0 unspecified atom stereocenters. The van der Waals surface area contributed by atoms with Crippen LogP contribution in [-0.4, -0.2) is 46.7 Å². The van der Waals surface area contributed by atoms with E-state index in [4.69, 9.17) is 5.11 Å². The Balaban J connectivity index is 1.53. The average Bonchev–Trinajstić information content (AvgIpc) is 3.09. The van der Waals surface area contributed by atoms with Crippen LogP contribution in [0.3, 0.4) is 0 Å².